The molecule has 1 atom stereocenters. The molecule has 1 aromatic rings. The van der Waals surface area contributed by atoms with Crippen molar-refractivity contribution >= 4 is 11.9 Å². The van der Waals surface area contributed by atoms with E-state index >= 15 is 0 Å². The van der Waals surface area contributed by atoms with E-state index < -0.39 is 23.6 Å². The van der Waals surface area contributed by atoms with Crippen LogP contribution in [0.3, 0.4) is 0 Å². The van der Waals surface area contributed by atoms with Crippen LogP contribution in [0.5, 0.6) is 5.75 Å². The number of hydrogen-bond acceptors (Lipinski definition) is 5. The molecule has 2 N–H and O–H groups in total. The molecule has 0 aliphatic rings. The van der Waals surface area contributed by atoms with Gasteiger partial charge in [-0.15, -0.1) is 0 Å². The molecule has 0 saturated carbocycles. The van der Waals surface area contributed by atoms with Crippen LogP contribution in [0.15, 0.2) is 18.2 Å². The van der Waals surface area contributed by atoms with Crippen LogP contribution in [0.25, 0.3) is 0 Å². The lowest BCUT2D eigenvalue weighted by Gasteiger charge is -2.23. The highest BCUT2D eigenvalue weighted by atomic mass is 16.6. The first-order chi connectivity index (χ1) is 10.9. The van der Waals surface area contributed by atoms with Crippen molar-refractivity contribution < 1.29 is 19.1 Å². The number of rotatable bonds is 5. The van der Waals surface area contributed by atoms with Crippen LogP contribution in [0, 0.1) is 0 Å². The zero-order valence-corrected chi connectivity index (χ0v) is 15.7. The summed E-state index contributed by atoms with van der Waals surface area (Å²) in [6.07, 6.45) is 0. The molecule has 134 valence electrons. The Hall–Kier alpha value is -1.88. The van der Waals surface area contributed by atoms with Crippen LogP contribution in [-0.2, 0) is 14.3 Å². The third-order valence-corrected chi connectivity index (χ3v) is 3.44. The highest BCUT2D eigenvalue weighted by Crippen LogP contribution is 2.34. The van der Waals surface area contributed by atoms with Crippen LogP contribution in [0.2, 0.25) is 0 Å². The second-order valence-corrected chi connectivity index (χ2v) is 7.51. The highest BCUT2D eigenvalue weighted by molar-refractivity contribution is 6.00. The minimum absolute atomic E-state index is 0.171. The summed E-state index contributed by atoms with van der Waals surface area (Å²) in [4.78, 5) is 24.3. The van der Waals surface area contributed by atoms with Crippen molar-refractivity contribution in [1.82, 2.24) is 0 Å². The van der Waals surface area contributed by atoms with Crippen LogP contribution in [0.4, 0.5) is 0 Å². The van der Waals surface area contributed by atoms with Gasteiger partial charge in [0, 0.05) is 0 Å². The van der Waals surface area contributed by atoms with Crippen molar-refractivity contribution in [1.29, 1.82) is 0 Å². The standard InChI is InChI=1S/C19H29NO4/c1-11(2)13-9-8-10-14(12(3)4)16(13)23-17(21)15(20)18(22)24-19(5,6)7/h8-12,15H,20H2,1-7H3. The molecule has 0 saturated heterocycles. The number of para-hydroxylation sites is 1. The fourth-order valence-electron chi connectivity index (χ4n) is 2.23. The highest BCUT2D eigenvalue weighted by Gasteiger charge is 2.30. The summed E-state index contributed by atoms with van der Waals surface area (Å²) in [5, 5.41) is 0. The van der Waals surface area contributed by atoms with Gasteiger partial charge in [0.25, 0.3) is 0 Å². The molecule has 0 spiro atoms. The van der Waals surface area contributed by atoms with Gasteiger partial charge in [-0.05, 0) is 43.7 Å². The second kappa shape index (κ2) is 7.79. The quantitative estimate of drug-likeness (QED) is 0.506. The number of hydrogen-bond donors (Lipinski definition) is 1. The summed E-state index contributed by atoms with van der Waals surface area (Å²) in [5.74, 6) is -0.764. The van der Waals surface area contributed by atoms with Crippen molar-refractivity contribution in [3.8, 4) is 5.75 Å². The van der Waals surface area contributed by atoms with E-state index in [1.807, 2.05) is 45.9 Å². The fourth-order valence-corrected chi connectivity index (χ4v) is 2.23. The Balaban J connectivity index is 3.07. The minimum atomic E-state index is -1.47. The molecule has 5 nitrogen and oxygen atoms in total. The van der Waals surface area contributed by atoms with E-state index in [-0.39, 0.29) is 11.8 Å². The Kier molecular flexibility index (Phi) is 6.55. The maximum absolute atomic E-state index is 12.3. The molecule has 1 aromatic carbocycles. The van der Waals surface area contributed by atoms with E-state index in [2.05, 4.69) is 0 Å². The zero-order valence-electron chi connectivity index (χ0n) is 15.7. The number of esters is 2. The molecular weight excluding hydrogens is 306 g/mol. The summed E-state index contributed by atoms with van der Waals surface area (Å²) in [6, 6.07) is 4.30. The molecule has 1 unspecified atom stereocenters. The Morgan fingerprint density at radius 3 is 1.79 bits per heavy atom. The van der Waals surface area contributed by atoms with E-state index in [0.717, 1.165) is 11.1 Å². The third kappa shape index (κ3) is 5.34. The van der Waals surface area contributed by atoms with Gasteiger partial charge in [-0.3, -0.25) is 0 Å². The van der Waals surface area contributed by atoms with Gasteiger partial charge in [0.1, 0.15) is 11.4 Å². The predicted molar refractivity (Wildman–Crippen MR) is 94.1 cm³/mol. The van der Waals surface area contributed by atoms with Gasteiger partial charge in [-0.2, -0.15) is 0 Å². The topological polar surface area (TPSA) is 78.6 Å². The van der Waals surface area contributed by atoms with Gasteiger partial charge in [0.05, 0.1) is 0 Å². The first-order valence-electron chi connectivity index (χ1n) is 8.27. The average molecular weight is 335 g/mol. The third-order valence-electron chi connectivity index (χ3n) is 3.44. The minimum Gasteiger partial charge on any atom is -0.458 e. The van der Waals surface area contributed by atoms with Gasteiger partial charge in [0.2, 0.25) is 6.04 Å². The molecule has 0 bridgehead atoms. The monoisotopic (exact) mass is 335 g/mol. The summed E-state index contributed by atoms with van der Waals surface area (Å²) >= 11 is 0. The van der Waals surface area contributed by atoms with Crippen LogP contribution < -0.4 is 10.5 Å². The first-order valence-corrected chi connectivity index (χ1v) is 8.27. The predicted octanol–water partition coefficient (Wildman–Crippen LogP) is 3.51. The van der Waals surface area contributed by atoms with Gasteiger partial charge in [-0.1, -0.05) is 45.9 Å². The van der Waals surface area contributed by atoms with Crippen LogP contribution in [0.1, 0.15) is 71.4 Å². The molecular formula is C19H29NO4. The Morgan fingerprint density at radius 1 is 0.958 bits per heavy atom. The van der Waals surface area contributed by atoms with Gasteiger partial charge >= 0.3 is 11.9 Å². The van der Waals surface area contributed by atoms with E-state index in [9.17, 15) is 9.59 Å². The maximum Gasteiger partial charge on any atom is 0.340 e. The molecule has 0 aliphatic carbocycles. The number of ether oxygens (including phenoxy) is 2. The Morgan fingerprint density at radius 2 is 1.42 bits per heavy atom. The lowest BCUT2D eigenvalue weighted by Crippen LogP contribution is -2.45. The van der Waals surface area contributed by atoms with Crippen molar-refractivity contribution in [2.75, 3.05) is 0 Å². The number of benzene rings is 1. The van der Waals surface area contributed by atoms with Crippen LogP contribution in [-0.4, -0.2) is 23.6 Å². The van der Waals surface area contributed by atoms with Crippen molar-refractivity contribution in [3.63, 3.8) is 0 Å². The van der Waals surface area contributed by atoms with Gasteiger partial charge in [-0.25, -0.2) is 9.59 Å². The first kappa shape index (κ1) is 20.2. The van der Waals surface area contributed by atoms with Crippen LogP contribution >= 0.6 is 0 Å². The number of carbonyl (C=O) groups is 2. The van der Waals surface area contributed by atoms with E-state index in [4.69, 9.17) is 15.2 Å². The molecule has 0 amide bonds. The van der Waals surface area contributed by atoms with Crippen molar-refractivity contribution in [2.24, 2.45) is 5.73 Å². The second-order valence-electron chi connectivity index (χ2n) is 7.51. The largest absolute Gasteiger partial charge is 0.458 e. The summed E-state index contributed by atoms with van der Waals surface area (Å²) in [7, 11) is 0. The van der Waals surface area contributed by atoms with E-state index in [1.54, 1.807) is 20.8 Å². The number of nitrogens with two attached hydrogens (primary N) is 1. The molecule has 0 heterocycles. The molecule has 5 heteroatoms. The molecule has 0 fully saturated rings. The van der Waals surface area contributed by atoms with E-state index in [0.29, 0.717) is 5.75 Å². The van der Waals surface area contributed by atoms with Crippen molar-refractivity contribution in [2.45, 2.75) is 71.9 Å². The van der Waals surface area contributed by atoms with E-state index in [1.165, 1.54) is 0 Å². The normalized spacial score (nSPS) is 13.1. The zero-order chi connectivity index (χ0) is 18.7. The summed E-state index contributed by atoms with van der Waals surface area (Å²) in [5.41, 5.74) is 6.82. The summed E-state index contributed by atoms with van der Waals surface area (Å²) < 4.78 is 10.7. The summed E-state index contributed by atoms with van der Waals surface area (Å²) in [6.45, 7) is 13.2. The average Bonchev–Trinajstić information content (AvgIpc) is 2.44. The molecule has 1 rings (SSSR count). The number of carbonyl (C=O) groups excluding carboxylic acids is 2. The molecule has 0 radical (unpaired) electrons. The molecule has 24 heavy (non-hydrogen) atoms. The fraction of sp³-hybridized carbons (Fsp3) is 0.579. The molecule has 0 aliphatic heterocycles. The smallest absolute Gasteiger partial charge is 0.340 e. The molecule has 0 aromatic heterocycles. The Labute approximate surface area is 144 Å². The Bertz CT molecular complexity index is 574. The van der Waals surface area contributed by atoms with Crippen molar-refractivity contribution in [3.05, 3.63) is 29.3 Å². The lowest BCUT2D eigenvalue weighted by atomic mass is 9.94. The lowest BCUT2D eigenvalue weighted by molar-refractivity contribution is -0.161. The maximum atomic E-state index is 12.3. The van der Waals surface area contributed by atoms with Gasteiger partial charge in [0.15, 0.2) is 0 Å². The van der Waals surface area contributed by atoms with Gasteiger partial charge < -0.3 is 15.2 Å². The SMILES string of the molecule is CC(C)c1cccc(C(C)C)c1OC(=O)C(N)C(=O)OC(C)(C)C.